The first kappa shape index (κ1) is 20.9. The minimum atomic E-state index is 0.0594. The summed E-state index contributed by atoms with van der Waals surface area (Å²) in [5, 5.41) is 0. The monoisotopic (exact) mass is 395 g/mol. The molecule has 0 atom stereocenters. The summed E-state index contributed by atoms with van der Waals surface area (Å²) in [6.45, 7) is 6.24. The molecule has 1 saturated heterocycles. The Bertz CT molecular complexity index is 800. The van der Waals surface area contributed by atoms with Crippen molar-refractivity contribution in [2.24, 2.45) is 0 Å². The largest absolute Gasteiger partial charge is 0.494 e. The fourth-order valence-electron chi connectivity index (χ4n) is 3.40. The van der Waals surface area contributed by atoms with Crippen molar-refractivity contribution in [3.63, 3.8) is 0 Å². The third-order valence-corrected chi connectivity index (χ3v) is 5.12. The molecule has 1 aliphatic heterocycles. The van der Waals surface area contributed by atoms with Crippen LogP contribution in [0.4, 0.5) is 0 Å². The lowest BCUT2D eigenvalue weighted by atomic mass is 10.2. The van der Waals surface area contributed by atoms with E-state index in [1.54, 1.807) is 4.90 Å². The van der Waals surface area contributed by atoms with Gasteiger partial charge in [0.25, 0.3) is 5.91 Å². The van der Waals surface area contributed by atoms with Gasteiger partial charge in [0, 0.05) is 45.3 Å². The average Bonchev–Trinajstić information content (AvgIpc) is 2.76. The van der Waals surface area contributed by atoms with Crippen LogP contribution in [-0.4, -0.2) is 72.9 Å². The second-order valence-electron chi connectivity index (χ2n) is 7.26. The number of ether oxygens (including phenoxy) is 1. The molecule has 0 unspecified atom stereocenters. The van der Waals surface area contributed by atoms with Gasteiger partial charge < -0.3 is 14.5 Å². The summed E-state index contributed by atoms with van der Waals surface area (Å²) in [5.41, 5.74) is 1.79. The smallest absolute Gasteiger partial charge is 0.253 e. The van der Waals surface area contributed by atoms with E-state index in [1.165, 1.54) is 0 Å². The molecule has 2 aromatic carbocycles. The summed E-state index contributed by atoms with van der Waals surface area (Å²) < 4.78 is 5.45. The van der Waals surface area contributed by atoms with E-state index in [2.05, 4.69) is 4.90 Å². The average molecular weight is 396 g/mol. The zero-order valence-corrected chi connectivity index (χ0v) is 17.2. The normalized spacial score (nSPS) is 14.5. The van der Waals surface area contributed by atoms with Crippen LogP contribution >= 0.6 is 0 Å². The number of hydrogen-bond acceptors (Lipinski definition) is 4. The second kappa shape index (κ2) is 10.1. The molecule has 0 aliphatic carbocycles. The number of piperazine rings is 1. The van der Waals surface area contributed by atoms with Crippen molar-refractivity contribution in [2.75, 3.05) is 46.4 Å². The Morgan fingerprint density at radius 1 is 0.966 bits per heavy atom. The molecule has 1 heterocycles. The van der Waals surface area contributed by atoms with Crippen molar-refractivity contribution >= 4 is 11.8 Å². The van der Waals surface area contributed by atoms with E-state index in [0.29, 0.717) is 51.4 Å². The third-order valence-electron chi connectivity index (χ3n) is 5.12. The molecule has 6 nitrogen and oxygen atoms in total. The van der Waals surface area contributed by atoms with Gasteiger partial charge in [-0.05, 0) is 36.8 Å². The van der Waals surface area contributed by atoms with Crippen LogP contribution in [0.25, 0.3) is 0 Å². The molecule has 2 aromatic rings. The third kappa shape index (κ3) is 5.81. The molecule has 3 rings (SSSR count). The number of hydrogen-bond donors (Lipinski definition) is 0. The molecule has 1 fully saturated rings. The van der Waals surface area contributed by atoms with Crippen LogP contribution in [0.5, 0.6) is 5.75 Å². The molecule has 0 aromatic heterocycles. The van der Waals surface area contributed by atoms with Gasteiger partial charge in [-0.25, -0.2) is 0 Å². The van der Waals surface area contributed by atoms with Crippen LogP contribution in [0.3, 0.4) is 0 Å². The van der Waals surface area contributed by atoms with Crippen molar-refractivity contribution in [3.8, 4) is 5.75 Å². The molecular weight excluding hydrogens is 366 g/mol. The Kier molecular flexibility index (Phi) is 7.25. The number of amides is 2. The lowest BCUT2D eigenvalue weighted by Gasteiger charge is -2.35. The number of carbonyl (C=O) groups excluding carboxylic acids is 2. The molecule has 6 heteroatoms. The predicted octanol–water partition coefficient (Wildman–Crippen LogP) is 2.50. The Labute approximate surface area is 172 Å². The number of rotatable bonds is 7. The molecular formula is C23H29N3O3. The van der Waals surface area contributed by atoms with Gasteiger partial charge in [-0.1, -0.05) is 30.3 Å². The van der Waals surface area contributed by atoms with Crippen LogP contribution in [0.2, 0.25) is 0 Å². The maximum absolute atomic E-state index is 12.6. The van der Waals surface area contributed by atoms with Crippen molar-refractivity contribution in [1.29, 1.82) is 0 Å². The highest BCUT2D eigenvalue weighted by atomic mass is 16.5. The predicted molar refractivity (Wildman–Crippen MR) is 113 cm³/mol. The number of nitrogens with zero attached hydrogens (tertiary/aromatic N) is 3. The Morgan fingerprint density at radius 3 is 2.24 bits per heavy atom. The second-order valence-corrected chi connectivity index (χ2v) is 7.26. The quantitative estimate of drug-likeness (QED) is 0.723. The molecule has 2 amide bonds. The van der Waals surface area contributed by atoms with Crippen molar-refractivity contribution in [2.45, 2.75) is 13.5 Å². The van der Waals surface area contributed by atoms with Crippen LogP contribution in [0, 0.1) is 0 Å². The van der Waals surface area contributed by atoms with Gasteiger partial charge in [-0.3, -0.25) is 14.5 Å². The van der Waals surface area contributed by atoms with Gasteiger partial charge in [0.1, 0.15) is 5.75 Å². The molecule has 0 spiro atoms. The summed E-state index contributed by atoms with van der Waals surface area (Å²) in [7, 11) is 1.83. The molecule has 154 valence electrons. The molecule has 0 saturated carbocycles. The molecule has 1 aliphatic rings. The zero-order valence-electron chi connectivity index (χ0n) is 17.2. The highest BCUT2D eigenvalue weighted by Crippen LogP contribution is 2.14. The summed E-state index contributed by atoms with van der Waals surface area (Å²) in [4.78, 5) is 30.9. The van der Waals surface area contributed by atoms with Gasteiger partial charge in [0.2, 0.25) is 5.91 Å². The Morgan fingerprint density at radius 2 is 1.62 bits per heavy atom. The topological polar surface area (TPSA) is 53.1 Å². The fraction of sp³-hybridized carbons (Fsp3) is 0.391. The number of carbonyl (C=O) groups is 2. The minimum Gasteiger partial charge on any atom is -0.494 e. The van der Waals surface area contributed by atoms with Crippen molar-refractivity contribution < 1.29 is 14.3 Å². The van der Waals surface area contributed by atoms with E-state index in [-0.39, 0.29) is 11.8 Å². The standard InChI is InChI=1S/C23H29N3O3/c1-3-29-21-11-9-19(10-12-21)17-24(2)22(27)18-25-13-15-26(16-14-25)23(28)20-7-5-4-6-8-20/h4-12H,3,13-18H2,1-2H3. The van der Waals surface area contributed by atoms with E-state index in [1.807, 2.05) is 73.5 Å². The molecule has 0 bridgehead atoms. The summed E-state index contributed by atoms with van der Waals surface area (Å²) in [5.74, 6) is 0.985. The van der Waals surface area contributed by atoms with Gasteiger partial charge in [-0.15, -0.1) is 0 Å². The van der Waals surface area contributed by atoms with Crippen LogP contribution in [-0.2, 0) is 11.3 Å². The highest BCUT2D eigenvalue weighted by molar-refractivity contribution is 5.94. The first-order valence-corrected chi connectivity index (χ1v) is 10.1. The SMILES string of the molecule is CCOc1ccc(CN(C)C(=O)CN2CCN(C(=O)c3ccccc3)CC2)cc1. The molecule has 0 N–H and O–H groups in total. The molecule has 0 radical (unpaired) electrons. The highest BCUT2D eigenvalue weighted by Gasteiger charge is 2.24. The Hall–Kier alpha value is -2.86. The van der Waals surface area contributed by atoms with Crippen LogP contribution in [0.15, 0.2) is 54.6 Å². The van der Waals surface area contributed by atoms with Crippen molar-refractivity contribution in [1.82, 2.24) is 14.7 Å². The van der Waals surface area contributed by atoms with Crippen LogP contribution in [0.1, 0.15) is 22.8 Å². The first-order valence-electron chi connectivity index (χ1n) is 10.1. The first-order chi connectivity index (χ1) is 14.1. The van der Waals surface area contributed by atoms with Gasteiger partial charge in [0.05, 0.1) is 13.2 Å². The van der Waals surface area contributed by atoms with Gasteiger partial charge in [-0.2, -0.15) is 0 Å². The maximum atomic E-state index is 12.6. The van der Waals surface area contributed by atoms with E-state index < -0.39 is 0 Å². The van der Waals surface area contributed by atoms with Gasteiger partial charge in [0.15, 0.2) is 0 Å². The van der Waals surface area contributed by atoms with E-state index >= 15 is 0 Å². The summed E-state index contributed by atoms with van der Waals surface area (Å²) in [6, 6.07) is 17.2. The van der Waals surface area contributed by atoms with Gasteiger partial charge >= 0.3 is 0 Å². The summed E-state index contributed by atoms with van der Waals surface area (Å²) >= 11 is 0. The zero-order chi connectivity index (χ0) is 20.6. The minimum absolute atomic E-state index is 0.0594. The summed E-state index contributed by atoms with van der Waals surface area (Å²) in [6.07, 6.45) is 0. The lowest BCUT2D eigenvalue weighted by molar-refractivity contribution is -0.132. The molecule has 29 heavy (non-hydrogen) atoms. The Balaban J connectivity index is 1.44. The van der Waals surface area contributed by atoms with Crippen LogP contribution < -0.4 is 4.74 Å². The van der Waals surface area contributed by atoms with E-state index in [0.717, 1.165) is 11.3 Å². The van der Waals surface area contributed by atoms with E-state index in [9.17, 15) is 9.59 Å². The number of benzene rings is 2. The van der Waals surface area contributed by atoms with Crippen molar-refractivity contribution in [3.05, 3.63) is 65.7 Å². The number of likely N-dealkylation sites (N-methyl/N-ethyl adjacent to an activating group) is 1. The van der Waals surface area contributed by atoms with E-state index in [4.69, 9.17) is 4.74 Å². The maximum Gasteiger partial charge on any atom is 0.253 e. The fourth-order valence-corrected chi connectivity index (χ4v) is 3.40. The lowest BCUT2D eigenvalue weighted by Crippen LogP contribution is -2.51.